The molecule has 24 aliphatic rings. The van der Waals surface area contributed by atoms with E-state index in [9.17, 15) is 38.4 Å². The van der Waals surface area contributed by atoms with Gasteiger partial charge < -0.3 is 16.0 Å². The lowest BCUT2D eigenvalue weighted by Crippen LogP contribution is -2.66. The molecule has 0 atom stereocenters. The molecule has 12 heteroatoms. The molecule has 16 saturated carbocycles. The zero-order chi connectivity index (χ0) is 71.9. The minimum Gasteiger partial charge on any atom is -0.355 e. The predicted molar refractivity (Wildman–Crippen MR) is 386 cm³/mol. The van der Waals surface area contributed by atoms with E-state index in [1.807, 2.05) is 0 Å². The molecular formula is C84H140N4O8. The molecular weight excluding hydrogens is 1190 g/mol. The summed E-state index contributed by atoms with van der Waals surface area (Å²) in [6.45, 7) is 58.3. The van der Waals surface area contributed by atoms with Gasteiger partial charge in [0.05, 0.1) is 17.3 Å². The summed E-state index contributed by atoms with van der Waals surface area (Å²) in [6, 6.07) is 0. The molecule has 16 aliphatic carbocycles. The minimum absolute atomic E-state index is 0.0291. The molecule has 12 nitrogen and oxygen atoms in total. The lowest BCUT2D eigenvalue weighted by Gasteiger charge is -2.60. The minimum atomic E-state index is -0.272. The van der Waals surface area contributed by atoms with E-state index in [2.05, 4.69) is 187 Å². The summed E-state index contributed by atoms with van der Waals surface area (Å²) in [6.07, 6.45) is 27.1. The molecule has 544 valence electrons. The van der Waals surface area contributed by atoms with Crippen LogP contribution in [0.4, 0.5) is 0 Å². The number of fused-ring (bicyclic) bond motifs is 16. The number of hydrogen-bond acceptors (Lipinski definition) is 9. The van der Waals surface area contributed by atoms with E-state index >= 15 is 0 Å². The standard InChI is InChI=1S/C11H16O2.2C11H18O.C11H20.C10H15NO2.2C10H17NO.C10H19N/c1-10(2,3)11-5-7(6-11)8(12)4-9(11)13;1-10(2,3)11-5-4-9(12)8(6-11)7-11;1-10(2,3)11-6-8(7-11)4-5-9(11)12;1-10(2,3)11-6-4-5-9(7-11)8-11;1-9(2,3)10-4-6(5-10)7(12)11-8(10)13;1-9(2,3)10-4-7(5-10)8(12)11-6-10;1-9(2,3)10-4-7(5-10)6-11-8(10)12;1-9(2,3)10-4-8(5-10)6-11-7-10/h7H,4-6H2,1-3H3;2*8H,4-7H2,1-3H3;9H,4-8H2,1-3H3;6H,4-5H2,1-3H3,(H,11,12,13);2*7H,4-6H2,1-3H3,(H,11,12);8,11H,4-7H2,1-3H3. The molecule has 4 amide bonds. The highest BCUT2D eigenvalue weighted by Gasteiger charge is 2.65. The molecule has 0 unspecified atom stereocenters. The number of amides is 4. The Balaban J connectivity index is 0.000000129. The smallest absolute Gasteiger partial charge is 0.233 e. The Morgan fingerprint density at radius 1 is 0.312 bits per heavy atom. The molecule has 0 spiro atoms. The van der Waals surface area contributed by atoms with E-state index in [1.165, 1.54) is 83.7 Å². The van der Waals surface area contributed by atoms with Crippen LogP contribution in [0.25, 0.3) is 0 Å². The average molecular weight is 1330 g/mol. The summed E-state index contributed by atoms with van der Waals surface area (Å²) >= 11 is 0. The summed E-state index contributed by atoms with van der Waals surface area (Å²) in [5.41, 5.74) is 4.11. The molecule has 8 saturated heterocycles. The van der Waals surface area contributed by atoms with Gasteiger partial charge >= 0.3 is 0 Å². The zero-order valence-electron chi connectivity index (χ0n) is 65.7. The van der Waals surface area contributed by atoms with Crippen molar-refractivity contribution in [2.24, 2.45) is 134 Å². The van der Waals surface area contributed by atoms with E-state index in [-0.39, 0.29) is 96.8 Å². The molecule has 16 bridgehead atoms. The first-order chi connectivity index (χ1) is 43.6. The quantitative estimate of drug-likeness (QED) is 0.135. The van der Waals surface area contributed by atoms with Gasteiger partial charge in [0.2, 0.25) is 23.6 Å². The van der Waals surface area contributed by atoms with E-state index in [4.69, 9.17) is 0 Å². The van der Waals surface area contributed by atoms with Crippen molar-refractivity contribution in [1.82, 2.24) is 21.3 Å². The lowest BCUT2D eigenvalue weighted by molar-refractivity contribution is -0.171. The Hall–Kier alpha value is -3.28. The van der Waals surface area contributed by atoms with Crippen molar-refractivity contribution in [3.05, 3.63) is 0 Å². The van der Waals surface area contributed by atoms with Gasteiger partial charge in [0.15, 0.2) is 0 Å². The Morgan fingerprint density at radius 3 is 1.04 bits per heavy atom. The summed E-state index contributed by atoms with van der Waals surface area (Å²) in [5, 5.41) is 12.0. The van der Waals surface area contributed by atoms with Crippen LogP contribution in [0, 0.1) is 134 Å². The third-order valence-corrected chi connectivity index (χ3v) is 31.4. The van der Waals surface area contributed by atoms with Crippen LogP contribution in [0.15, 0.2) is 0 Å². The second-order valence-corrected chi connectivity index (χ2v) is 43.7. The zero-order valence-corrected chi connectivity index (χ0v) is 65.7. The largest absolute Gasteiger partial charge is 0.355 e. The van der Waals surface area contributed by atoms with Crippen molar-refractivity contribution in [1.29, 1.82) is 0 Å². The Bertz CT molecular complexity index is 2730. The number of piperidine rings is 8. The van der Waals surface area contributed by atoms with Gasteiger partial charge in [0.25, 0.3) is 0 Å². The number of carbonyl (C=O) groups excluding carboxylic acids is 8. The lowest BCUT2D eigenvalue weighted by atomic mass is 9.44. The average Bonchev–Trinajstić information content (AvgIpc) is 0.725. The van der Waals surface area contributed by atoms with Crippen molar-refractivity contribution >= 4 is 46.8 Å². The second kappa shape index (κ2) is 25.3. The highest BCUT2D eigenvalue weighted by atomic mass is 16.2. The molecule has 24 fully saturated rings. The van der Waals surface area contributed by atoms with Gasteiger partial charge in [-0.3, -0.25) is 43.7 Å². The highest BCUT2D eigenvalue weighted by Crippen LogP contribution is 2.67. The van der Waals surface area contributed by atoms with Crippen molar-refractivity contribution < 1.29 is 38.4 Å². The van der Waals surface area contributed by atoms with Crippen molar-refractivity contribution in [2.45, 2.75) is 320 Å². The predicted octanol–water partition coefficient (Wildman–Crippen LogP) is 17.4. The van der Waals surface area contributed by atoms with Crippen LogP contribution in [-0.2, 0) is 38.4 Å². The van der Waals surface area contributed by atoms with E-state index in [0.29, 0.717) is 61.3 Å². The molecule has 4 N–H and O–H groups in total. The summed E-state index contributed by atoms with van der Waals surface area (Å²) in [4.78, 5) is 91.9. The maximum absolute atomic E-state index is 11.8. The fraction of sp³-hybridized carbons (Fsp3) is 0.905. The molecule has 0 aromatic carbocycles. The summed E-state index contributed by atoms with van der Waals surface area (Å²) < 4.78 is 0. The van der Waals surface area contributed by atoms with Crippen LogP contribution in [0.5, 0.6) is 0 Å². The first kappa shape index (κ1) is 76.9. The summed E-state index contributed by atoms with van der Waals surface area (Å²) in [5.74, 6) is 6.70. The maximum atomic E-state index is 11.8. The molecule has 0 aromatic rings. The van der Waals surface area contributed by atoms with Crippen molar-refractivity contribution in [3.8, 4) is 0 Å². The van der Waals surface area contributed by atoms with Crippen LogP contribution >= 0.6 is 0 Å². The molecule has 0 radical (unpaired) electrons. The number of carbonyl (C=O) groups is 8. The second-order valence-electron chi connectivity index (χ2n) is 43.7. The van der Waals surface area contributed by atoms with Crippen LogP contribution in [0.1, 0.15) is 320 Å². The van der Waals surface area contributed by atoms with Gasteiger partial charge in [0.1, 0.15) is 23.1 Å². The first-order valence-corrected chi connectivity index (χ1v) is 38.9. The summed E-state index contributed by atoms with van der Waals surface area (Å²) in [7, 11) is 0. The van der Waals surface area contributed by atoms with Gasteiger partial charge in [-0.25, -0.2) is 0 Å². The topological polar surface area (TPSA) is 185 Å². The van der Waals surface area contributed by atoms with E-state index in [0.717, 1.165) is 119 Å². The molecule has 96 heavy (non-hydrogen) atoms. The van der Waals surface area contributed by atoms with Crippen LogP contribution in [0.2, 0.25) is 0 Å². The SMILES string of the molecule is CC(C)(C)C12CC(C1)C(=O)CC2=O.CC(C)(C)C12CC(C1)C(=O)NC2=O.CC(C)(C)C12CC(CCC1=O)C2.CC(C)(C)C12CC(CNC1=O)C2.CC(C)(C)C12CCC(=O)C(C1)C2.CC(C)(C)C12CCCC(C1)C2.CC(C)(C)C12CNC(=O)C(C1)C2.CC(C)(C)C12CNCC(C1)C2. The van der Waals surface area contributed by atoms with Crippen molar-refractivity contribution in [3.63, 3.8) is 0 Å². The third-order valence-electron chi connectivity index (χ3n) is 31.4. The fourth-order valence-electron chi connectivity index (χ4n) is 22.0. The van der Waals surface area contributed by atoms with Gasteiger partial charge in [-0.15, -0.1) is 0 Å². The molecule has 24 rings (SSSR count). The third kappa shape index (κ3) is 13.5. The normalized spacial score (nSPS) is 40.7. The van der Waals surface area contributed by atoms with Gasteiger partial charge in [-0.1, -0.05) is 179 Å². The van der Waals surface area contributed by atoms with Gasteiger partial charge in [-0.05, 0) is 217 Å². The number of hydrogen-bond donors (Lipinski definition) is 4. The first-order valence-electron chi connectivity index (χ1n) is 38.9. The van der Waals surface area contributed by atoms with Gasteiger partial charge in [0, 0.05) is 67.0 Å². The van der Waals surface area contributed by atoms with Gasteiger partial charge in [-0.2, -0.15) is 0 Å². The monoisotopic (exact) mass is 1330 g/mol. The Labute approximate surface area is 583 Å². The van der Waals surface area contributed by atoms with Crippen LogP contribution in [-0.4, -0.2) is 72.9 Å². The van der Waals surface area contributed by atoms with E-state index in [1.54, 1.807) is 0 Å². The van der Waals surface area contributed by atoms with E-state index < -0.39 is 0 Å². The highest BCUT2D eigenvalue weighted by molar-refractivity contribution is 6.08. The Morgan fingerprint density at radius 2 is 0.708 bits per heavy atom. The molecule has 8 heterocycles. The number of rotatable bonds is 0. The molecule has 8 aliphatic heterocycles. The number of Topliss-reactive ketones (excluding diaryl/α,β-unsaturated/α-hetero) is 4. The van der Waals surface area contributed by atoms with Crippen LogP contribution in [0.3, 0.4) is 0 Å². The number of imide groups is 1. The number of ketones is 4. The van der Waals surface area contributed by atoms with Crippen molar-refractivity contribution in [2.75, 3.05) is 26.2 Å². The Kier molecular flexibility index (Phi) is 20.3. The van der Waals surface area contributed by atoms with Crippen LogP contribution < -0.4 is 21.3 Å². The molecule has 0 aromatic heterocycles. The fourth-order valence-corrected chi connectivity index (χ4v) is 22.0. The number of nitrogens with one attached hydrogen (secondary N) is 4. The maximum Gasteiger partial charge on any atom is 0.233 e.